The van der Waals surface area contributed by atoms with Crippen LogP contribution in [-0.2, 0) is 0 Å². The van der Waals surface area contributed by atoms with Crippen molar-refractivity contribution in [2.24, 2.45) is 0 Å². The number of carbonyl (C=O) groups is 1. The second-order valence-corrected chi connectivity index (χ2v) is 6.55. The third kappa shape index (κ3) is 4.45. The van der Waals surface area contributed by atoms with Crippen LogP contribution in [-0.4, -0.2) is 28.0 Å². The van der Waals surface area contributed by atoms with E-state index in [-0.39, 0.29) is 18.1 Å². The van der Waals surface area contributed by atoms with E-state index in [1.807, 2.05) is 31.2 Å². The second-order valence-electron chi connectivity index (χ2n) is 6.12. The normalized spacial score (nSPS) is 20.4. The second kappa shape index (κ2) is 7.62. The van der Waals surface area contributed by atoms with E-state index in [1.165, 1.54) is 12.4 Å². The summed E-state index contributed by atoms with van der Waals surface area (Å²) in [6.45, 7) is 1.98. The number of ether oxygens (including phenoxy) is 1. The fourth-order valence-corrected chi connectivity index (χ4v) is 2.99. The van der Waals surface area contributed by atoms with Gasteiger partial charge in [-0.2, -0.15) is 0 Å². The number of rotatable bonds is 4. The van der Waals surface area contributed by atoms with Crippen molar-refractivity contribution in [3.05, 3.63) is 52.8 Å². The van der Waals surface area contributed by atoms with Gasteiger partial charge in [-0.3, -0.25) is 4.79 Å². The number of carbonyl (C=O) groups excluding carboxylic acids is 1. The number of hydrogen-bond acceptors (Lipinski definition) is 4. The van der Waals surface area contributed by atoms with Gasteiger partial charge in [-0.05, 0) is 44.7 Å². The van der Waals surface area contributed by atoms with Gasteiger partial charge in [0.05, 0.1) is 17.4 Å². The van der Waals surface area contributed by atoms with Crippen LogP contribution in [0, 0.1) is 6.92 Å². The Morgan fingerprint density at radius 2 is 1.92 bits per heavy atom. The molecule has 1 N–H and O–H groups in total. The fraction of sp³-hybridized carbons (Fsp3) is 0.389. The quantitative estimate of drug-likeness (QED) is 0.920. The van der Waals surface area contributed by atoms with E-state index >= 15 is 0 Å². The van der Waals surface area contributed by atoms with Crippen molar-refractivity contribution < 1.29 is 9.53 Å². The third-order valence-corrected chi connectivity index (χ3v) is 4.35. The number of halogens is 1. The largest absolute Gasteiger partial charge is 0.460 e. The topological polar surface area (TPSA) is 64.1 Å². The molecule has 1 aromatic carbocycles. The minimum absolute atomic E-state index is 0.0101. The molecule has 1 aromatic heterocycles. The molecule has 0 bridgehead atoms. The van der Waals surface area contributed by atoms with Crippen LogP contribution in [0.4, 0.5) is 0 Å². The van der Waals surface area contributed by atoms with E-state index in [4.69, 9.17) is 16.3 Å². The molecule has 0 saturated heterocycles. The first-order valence-electron chi connectivity index (χ1n) is 8.12. The molecule has 24 heavy (non-hydrogen) atoms. The summed E-state index contributed by atoms with van der Waals surface area (Å²) in [4.78, 5) is 20.4. The maximum Gasteiger partial charge on any atom is 0.316 e. The van der Waals surface area contributed by atoms with Gasteiger partial charge in [0, 0.05) is 11.6 Å². The van der Waals surface area contributed by atoms with E-state index in [0.717, 1.165) is 31.2 Å². The van der Waals surface area contributed by atoms with Crippen LogP contribution in [0.25, 0.3) is 0 Å². The van der Waals surface area contributed by atoms with E-state index < -0.39 is 0 Å². The van der Waals surface area contributed by atoms with Gasteiger partial charge in [0.1, 0.15) is 6.10 Å². The molecule has 1 amide bonds. The van der Waals surface area contributed by atoms with Crippen molar-refractivity contribution in [3.8, 4) is 6.01 Å². The number of benzene rings is 1. The summed E-state index contributed by atoms with van der Waals surface area (Å²) < 4.78 is 5.77. The molecule has 1 aliphatic carbocycles. The lowest BCUT2D eigenvalue weighted by Gasteiger charge is -2.28. The summed E-state index contributed by atoms with van der Waals surface area (Å²) in [5.74, 6) is -0.0101. The van der Waals surface area contributed by atoms with Crippen LogP contribution < -0.4 is 10.1 Å². The number of amides is 1. The molecule has 126 valence electrons. The Bertz CT molecular complexity index is 698. The zero-order chi connectivity index (χ0) is 16.9. The van der Waals surface area contributed by atoms with Gasteiger partial charge in [-0.15, -0.1) is 0 Å². The molecule has 5 nitrogen and oxygen atoms in total. The molecule has 0 radical (unpaired) electrons. The summed E-state index contributed by atoms with van der Waals surface area (Å²) >= 11 is 5.76. The zero-order valence-electron chi connectivity index (χ0n) is 13.5. The molecule has 1 saturated carbocycles. The first-order valence-corrected chi connectivity index (χ1v) is 8.49. The van der Waals surface area contributed by atoms with Gasteiger partial charge in [0.15, 0.2) is 0 Å². The van der Waals surface area contributed by atoms with Crippen molar-refractivity contribution in [1.29, 1.82) is 0 Å². The molecule has 1 fully saturated rings. The predicted molar refractivity (Wildman–Crippen MR) is 92.4 cm³/mol. The van der Waals surface area contributed by atoms with Gasteiger partial charge in [0.2, 0.25) is 0 Å². The average molecular weight is 346 g/mol. The molecule has 0 aliphatic heterocycles. The van der Waals surface area contributed by atoms with Crippen LogP contribution in [0.3, 0.4) is 0 Å². The molecule has 1 aliphatic rings. The molecular formula is C18H20ClN3O2. The smallest absolute Gasteiger partial charge is 0.316 e. The lowest BCUT2D eigenvalue weighted by atomic mass is 9.92. The molecule has 1 heterocycles. The predicted octanol–water partition coefficient (Wildman–Crippen LogP) is 3.56. The average Bonchev–Trinajstić information content (AvgIpc) is 2.59. The lowest BCUT2D eigenvalue weighted by Crippen LogP contribution is -2.39. The van der Waals surface area contributed by atoms with Crippen molar-refractivity contribution >= 4 is 17.5 Å². The van der Waals surface area contributed by atoms with Crippen LogP contribution in [0.5, 0.6) is 6.01 Å². The summed E-state index contributed by atoms with van der Waals surface area (Å²) in [6.07, 6.45) is 6.63. The molecule has 6 heteroatoms. The number of nitrogens with one attached hydrogen (secondary N) is 1. The molecule has 0 unspecified atom stereocenters. The minimum atomic E-state index is -0.0101. The molecule has 2 aromatic rings. The Hall–Kier alpha value is -2.14. The highest BCUT2D eigenvalue weighted by atomic mass is 35.5. The Balaban J connectivity index is 1.48. The maximum atomic E-state index is 12.3. The minimum Gasteiger partial charge on any atom is -0.460 e. The molecule has 3 rings (SSSR count). The number of aryl methyl sites for hydroxylation is 1. The van der Waals surface area contributed by atoms with Crippen molar-refractivity contribution in [1.82, 2.24) is 15.3 Å². The number of hydrogen-bond donors (Lipinski definition) is 1. The highest BCUT2D eigenvalue weighted by molar-refractivity contribution is 6.30. The SMILES string of the molecule is Cc1cccc(C(=O)NC2CCC(Oc3ncc(Cl)cn3)CC2)c1. The molecular weight excluding hydrogens is 326 g/mol. The van der Waals surface area contributed by atoms with Crippen LogP contribution >= 0.6 is 11.6 Å². The maximum absolute atomic E-state index is 12.3. The number of aromatic nitrogens is 2. The lowest BCUT2D eigenvalue weighted by molar-refractivity contribution is 0.0885. The van der Waals surface area contributed by atoms with Gasteiger partial charge in [-0.1, -0.05) is 29.3 Å². The van der Waals surface area contributed by atoms with E-state index in [1.54, 1.807) is 0 Å². The number of nitrogens with zero attached hydrogens (tertiary/aromatic N) is 2. The monoisotopic (exact) mass is 345 g/mol. The third-order valence-electron chi connectivity index (χ3n) is 4.16. The zero-order valence-corrected chi connectivity index (χ0v) is 14.3. The Morgan fingerprint density at radius 3 is 2.58 bits per heavy atom. The molecule has 0 spiro atoms. The van der Waals surface area contributed by atoms with Gasteiger partial charge in [0.25, 0.3) is 5.91 Å². The summed E-state index contributed by atoms with van der Waals surface area (Å²) in [7, 11) is 0. The van der Waals surface area contributed by atoms with Gasteiger partial charge >= 0.3 is 6.01 Å². The highest BCUT2D eigenvalue weighted by Gasteiger charge is 2.24. The van der Waals surface area contributed by atoms with E-state index in [0.29, 0.717) is 16.6 Å². The van der Waals surface area contributed by atoms with Crippen molar-refractivity contribution in [3.63, 3.8) is 0 Å². The Morgan fingerprint density at radius 1 is 1.21 bits per heavy atom. The first-order chi connectivity index (χ1) is 11.6. The summed E-state index contributed by atoms with van der Waals surface area (Å²) in [5, 5.41) is 3.60. The Kier molecular flexibility index (Phi) is 5.30. The van der Waals surface area contributed by atoms with Crippen LogP contribution in [0.1, 0.15) is 41.6 Å². The van der Waals surface area contributed by atoms with Gasteiger partial charge < -0.3 is 10.1 Å². The standard InChI is InChI=1S/C18H20ClN3O2/c1-12-3-2-4-13(9-12)17(23)22-15-5-7-16(8-6-15)24-18-20-10-14(19)11-21-18/h2-4,9-11,15-16H,5-8H2,1H3,(H,22,23). The summed E-state index contributed by atoms with van der Waals surface area (Å²) in [5.41, 5.74) is 1.80. The van der Waals surface area contributed by atoms with Crippen molar-refractivity contribution in [2.45, 2.75) is 44.8 Å². The Labute approximate surface area is 146 Å². The fourth-order valence-electron chi connectivity index (χ4n) is 2.89. The van der Waals surface area contributed by atoms with E-state index in [9.17, 15) is 4.79 Å². The van der Waals surface area contributed by atoms with Crippen LogP contribution in [0.2, 0.25) is 5.02 Å². The first kappa shape index (κ1) is 16.7. The van der Waals surface area contributed by atoms with Crippen molar-refractivity contribution in [2.75, 3.05) is 0 Å². The van der Waals surface area contributed by atoms with Gasteiger partial charge in [-0.25, -0.2) is 9.97 Å². The highest BCUT2D eigenvalue weighted by Crippen LogP contribution is 2.22. The van der Waals surface area contributed by atoms with E-state index in [2.05, 4.69) is 15.3 Å². The summed E-state index contributed by atoms with van der Waals surface area (Å²) in [6, 6.07) is 8.17. The molecule has 0 atom stereocenters. The van der Waals surface area contributed by atoms with Crippen LogP contribution in [0.15, 0.2) is 36.7 Å².